The van der Waals surface area contributed by atoms with Crippen LogP contribution in [0.4, 0.5) is 5.69 Å². The molecular formula is C17H21ClN2S. The number of hydrogen-bond donors (Lipinski definition) is 1. The van der Waals surface area contributed by atoms with Crippen LogP contribution >= 0.6 is 22.9 Å². The molecule has 0 bridgehead atoms. The van der Waals surface area contributed by atoms with Crippen LogP contribution in [0.3, 0.4) is 0 Å². The molecule has 1 fully saturated rings. The van der Waals surface area contributed by atoms with Crippen molar-refractivity contribution in [3.8, 4) is 0 Å². The summed E-state index contributed by atoms with van der Waals surface area (Å²) >= 11 is 8.27. The minimum absolute atomic E-state index is 0.716. The summed E-state index contributed by atoms with van der Waals surface area (Å²) in [6, 6.07) is 11.2. The number of benzene rings is 1. The molecule has 2 nitrogen and oxygen atoms in total. The fraction of sp³-hybridized carbons (Fsp3) is 0.412. The second kappa shape index (κ2) is 6.82. The smallest absolute Gasteiger partial charge is 0.0642 e. The Labute approximate surface area is 135 Å². The zero-order valence-corrected chi connectivity index (χ0v) is 13.9. The Morgan fingerprint density at radius 1 is 1.29 bits per heavy atom. The van der Waals surface area contributed by atoms with Crippen LogP contribution in [0.5, 0.6) is 0 Å². The second-order valence-corrected chi connectivity index (χ2v) is 7.09. The molecular weight excluding hydrogens is 300 g/mol. The van der Waals surface area contributed by atoms with Gasteiger partial charge in [-0.2, -0.15) is 0 Å². The van der Waals surface area contributed by atoms with E-state index >= 15 is 0 Å². The summed E-state index contributed by atoms with van der Waals surface area (Å²) in [5, 5.41) is 6.56. The van der Waals surface area contributed by atoms with Gasteiger partial charge in [-0.15, -0.1) is 11.3 Å². The van der Waals surface area contributed by atoms with Crippen molar-refractivity contribution in [3.05, 3.63) is 51.2 Å². The molecule has 0 spiro atoms. The summed E-state index contributed by atoms with van der Waals surface area (Å²) in [5.74, 6) is 0. The third-order valence-corrected chi connectivity index (χ3v) is 5.13. The van der Waals surface area contributed by atoms with Crippen LogP contribution in [0, 0.1) is 0 Å². The van der Waals surface area contributed by atoms with Crippen LogP contribution < -0.4 is 10.2 Å². The Bertz CT molecular complexity index is 578. The van der Waals surface area contributed by atoms with Crippen molar-refractivity contribution in [2.24, 2.45) is 0 Å². The Balaban J connectivity index is 1.68. The summed E-state index contributed by atoms with van der Waals surface area (Å²) in [6.45, 7) is 1.89. The summed E-state index contributed by atoms with van der Waals surface area (Å²) < 4.78 is 0. The lowest BCUT2D eigenvalue weighted by Gasteiger charge is -2.24. The normalized spacial score (nSPS) is 14.4. The summed E-state index contributed by atoms with van der Waals surface area (Å²) in [6.07, 6.45) is 3.68. The lowest BCUT2D eigenvalue weighted by atomic mass is 10.1. The van der Waals surface area contributed by atoms with E-state index in [2.05, 4.69) is 40.8 Å². The molecule has 2 aromatic rings. The van der Waals surface area contributed by atoms with Crippen LogP contribution in [0.1, 0.15) is 23.3 Å². The summed E-state index contributed by atoms with van der Waals surface area (Å²) in [5.41, 5.74) is 2.46. The van der Waals surface area contributed by atoms with Crippen molar-refractivity contribution in [2.45, 2.75) is 31.8 Å². The Kier molecular flexibility index (Phi) is 4.84. The number of hydrogen-bond acceptors (Lipinski definition) is 3. The predicted molar refractivity (Wildman–Crippen MR) is 92.6 cm³/mol. The highest BCUT2D eigenvalue weighted by Gasteiger charge is 2.21. The molecule has 1 aromatic carbocycles. The molecule has 3 rings (SSSR count). The van der Waals surface area contributed by atoms with Gasteiger partial charge in [-0.05, 0) is 42.3 Å². The number of para-hydroxylation sites is 1. The molecule has 0 atom stereocenters. The molecule has 0 amide bonds. The fourth-order valence-corrected chi connectivity index (χ4v) is 3.55. The number of anilines is 1. The highest BCUT2D eigenvalue weighted by atomic mass is 35.5. The van der Waals surface area contributed by atoms with Gasteiger partial charge in [0.2, 0.25) is 0 Å². The van der Waals surface area contributed by atoms with Crippen LogP contribution in [0.15, 0.2) is 35.7 Å². The van der Waals surface area contributed by atoms with Gasteiger partial charge in [-0.25, -0.2) is 0 Å². The molecule has 112 valence electrons. The van der Waals surface area contributed by atoms with Gasteiger partial charge < -0.3 is 10.2 Å². The van der Waals surface area contributed by atoms with Crippen molar-refractivity contribution in [2.75, 3.05) is 18.5 Å². The Morgan fingerprint density at radius 2 is 2.14 bits per heavy atom. The van der Waals surface area contributed by atoms with Crippen LogP contribution in [0.2, 0.25) is 5.02 Å². The first-order valence-corrected chi connectivity index (χ1v) is 8.74. The largest absolute Gasteiger partial charge is 0.373 e. The van der Waals surface area contributed by atoms with E-state index in [4.69, 9.17) is 11.6 Å². The van der Waals surface area contributed by atoms with Gasteiger partial charge in [-0.3, -0.25) is 0 Å². The first kappa shape index (κ1) is 14.9. The summed E-state index contributed by atoms with van der Waals surface area (Å²) in [7, 11) is 2.13. The van der Waals surface area contributed by atoms with E-state index in [1.54, 1.807) is 0 Å². The Morgan fingerprint density at radius 3 is 2.86 bits per heavy atom. The van der Waals surface area contributed by atoms with E-state index in [1.165, 1.54) is 29.0 Å². The lowest BCUT2D eigenvalue weighted by molar-refractivity contribution is 0.685. The van der Waals surface area contributed by atoms with Crippen LogP contribution in [-0.4, -0.2) is 19.6 Å². The van der Waals surface area contributed by atoms with Crippen LogP contribution in [-0.2, 0) is 13.0 Å². The van der Waals surface area contributed by atoms with Gasteiger partial charge in [0, 0.05) is 31.1 Å². The standard InChI is InChI=1S/C17H21ClN2S/c1-20(10-9-15-5-3-11-21-15)17-13(4-2-6-16(17)18)12-19-14-7-8-14/h2-6,11,14,19H,7-10,12H2,1H3. The van der Waals surface area contributed by atoms with E-state index < -0.39 is 0 Å². The van der Waals surface area contributed by atoms with E-state index in [0.717, 1.165) is 24.5 Å². The predicted octanol–water partition coefficient (Wildman–Crippen LogP) is 4.33. The first-order chi connectivity index (χ1) is 10.2. The molecule has 0 aliphatic heterocycles. The second-order valence-electron chi connectivity index (χ2n) is 5.65. The van der Waals surface area contributed by atoms with E-state index in [0.29, 0.717) is 6.04 Å². The van der Waals surface area contributed by atoms with E-state index in [-0.39, 0.29) is 0 Å². The number of rotatable bonds is 7. The zero-order valence-electron chi connectivity index (χ0n) is 12.3. The molecule has 1 aliphatic carbocycles. The topological polar surface area (TPSA) is 15.3 Å². The van der Waals surface area contributed by atoms with Gasteiger partial charge in [0.1, 0.15) is 0 Å². The zero-order chi connectivity index (χ0) is 14.7. The van der Waals surface area contributed by atoms with Crippen molar-refractivity contribution in [1.29, 1.82) is 0 Å². The van der Waals surface area contributed by atoms with Gasteiger partial charge >= 0.3 is 0 Å². The van der Waals surface area contributed by atoms with Gasteiger partial charge in [-0.1, -0.05) is 29.8 Å². The van der Waals surface area contributed by atoms with Crippen molar-refractivity contribution >= 4 is 28.6 Å². The van der Waals surface area contributed by atoms with Crippen LogP contribution in [0.25, 0.3) is 0 Å². The number of nitrogens with one attached hydrogen (secondary N) is 1. The highest BCUT2D eigenvalue weighted by Crippen LogP contribution is 2.30. The number of likely N-dealkylation sites (N-methyl/N-ethyl adjacent to an activating group) is 1. The fourth-order valence-electron chi connectivity index (χ4n) is 2.52. The maximum atomic E-state index is 6.45. The molecule has 1 aliphatic rings. The third-order valence-electron chi connectivity index (χ3n) is 3.88. The molecule has 4 heteroatoms. The molecule has 1 N–H and O–H groups in total. The molecule has 1 aromatic heterocycles. The number of halogens is 1. The molecule has 0 radical (unpaired) electrons. The minimum Gasteiger partial charge on any atom is -0.373 e. The average molecular weight is 321 g/mol. The molecule has 1 heterocycles. The number of thiophene rings is 1. The molecule has 0 unspecified atom stereocenters. The number of nitrogens with zero attached hydrogens (tertiary/aromatic N) is 1. The van der Waals surface area contributed by atoms with E-state index in [9.17, 15) is 0 Å². The van der Waals surface area contributed by atoms with E-state index in [1.807, 2.05) is 23.5 Å². The first-order valence-electron chi connectivity index (χ1n) is 7.48. The molecule has 1 saturated carbocycles. The van der Waals surface area contributed by atoms with Crippen molar-refractivity contribution < 1.29 is 0 Å². The van der Waals surface area contributed by atoms with Crippen molar-refractivity contribution in [1.82, 2.24) is 5.32 Å². The Hall–Kier alpha value is -1.03. The highest BCUT2D eigenvalue weighted by molar-refractivity contribution is 7.09. The van der Waals surface area contributed by atoms with Gasteiger partial charge in [0.15, 0.2) is 0 Å². The maximum Gasteiger partial charge on any atom is 0.0642 e. The maximum absolute atomic E-state index is 6.45. The SMILES string of the molecule is CN(CCc1cccs1)c1c(Cl)cccc1CNC1CC1. The van der Waals surface area contributed by atoms with Gasteiger partial charge in [0.05, 0.1) is 10.7 Å². The quantitative estimate of drug-likeness (QED) is 0.816. The van der Waals surface area contributed by atoms with Gasteiger partial charge in [0.25, 0.3) is 0 Å². The minimum atomic E-state index is 0.716. The molecule has 0 saturated heterocycles. The average Bonchev–Trinajstić information content (AvgIpc) is 3.16. The molecule has 21 heavy (non-hydrogen) atoms. The lowest BCUT2D eigenvalue weighted by Crippen LogP contribution is -2.24. The van der Waals surface area contributed by atoms with Crippen molar-refractivity contribution in [3.63, 3.8) is 0 Å². The monoisotopic (exact) mass is 320 g/mol. The summed E-state index contributed by atoms with van der Waals surface area (Å²) in [4.78, 5) is 3.71. The third kappa shape index (κ3) is 4.00.